The number of carbonyl (C=O) groups is 2. The molecule has 0 radical (unpaired) electrons. The van der Waals surface area contributed by atoms with Crippen molar-refractivity contribution in [2.75, 3.05) is 4.90 Å². The number of benzene rings is 2. The largest absolute Gasteiger partial charge is 0.455 e. The van der Waals surface area contributed by atoms with Crippen LogP contribution in [0.2, 0.25) is 0 Å². The zero-order valence-electron chi connectivity index (χ0n) is 14.4. The Morgan fingerprint density at radius 2 is 1.56 bits per heavy atom. The van der Waals surface area contributed by atoms with Crippen molar-refractivity contribution in [1.82, 2.24) is 0 Å². The number of hydrogen-bond acceptors (Lipinski definition) is 4. The molecule has 0 unspecified atom stereocenters. The van der Waals surface area contributed by atoms with Gasteiger partial charge in [-0.3, -0.25) is 9.59 Å². The van der Waals surface area contributed by atoms with Gasteiger partial charge in [-0.2, -0.15) is 5.26 Å². The van der Waals surface area contributed by atoms with Crippen molar-refractivity contribution in [2.45, 2.75) is 6.42 Å². The van der Waals surface area contributed by atoms with Gasteiger partial charge in [0, 0.05) is 0 Å². The molecule has 4 atom stereocenters. The van der Waals surface area contributed by atoms with Gasteiger partial charge < -0.3 is 4.74 Å². The van der Waals surface area contributed by atoms with Gasteiger partial charge in [0.1, 0.15) is 5.75 Å². The molecule has 3 aliphatic rings. The summed E-state index contributed by atoms with van der Waals surface area (Å²) >= 11 is 0. The van der Waals surface area contributed by atoms with Crippen LogP contribution in [0, 0.1) is 35.0 Å². The molecule has 1 aliphatic heterocycles. The summed E-state index contributed by atoms with van der Waals surface area (Å²) in [4.78, 5) is 27.4. The fourth-order valence-electron chi connectivity index (χ4n) is 4.59. The highest BCUT2D eigenvalue weighted by Crippen LogP contribution is 2.54. The number of nitriles is 1. The van der Waals surface area contributed by atoms with Gasteiger partial charge in [0.15, 0.2) is 5.75 Å². The number of allylic oxidation sites excluding steroid dienone is 2. The molecule has 2 amide bonds. The van der Waals surface area contributed by atoms with E-state index in [0.717, 1.165) is 6.42 Å². The molecule has 2 bridgehead atoms. The molecule has 2 aliphatic carbocycles. The highest BCUT2D eigenvalue weighted by Gasteiger charge is 2.59. The predicted molar refractivity (Wildman–Crippen MR) is 97.9 cm³/mol. The number of rotatable bonds is 3. The predicted octanol–water partition coefficient (Wildman–Crippen LogP) is 3.66. The fourth-order valence-corrected chi connectivity index (χ4v) is 4.59. The summed E-state index contributed by atoms with van der Waals surface area (Å²) in [6.07, 6.45) is 5.07. The Morgan fingerprint density at radius 1 is 0.926 bits per heavy atom. The maximum Gasteiger partial charge on any atom is 0.238 e. The summed E-state index contributed by atoms with van der Waals surface area (Å²) in [5.74, 6) is 0.606. The minimum Gasteiger partial charge on any atom is -0.455 e. The minimum atomic E-state index is -0.240. The van der Waals surface area contributed by atoms with Crippen molar-refractivity contribution in [3.8, 4) is 17.6 Å². The van der Waals surface area contributed by atoms with Gasteiger partial charge in [0.05, 0.1) is 29.2 Å². The Kier molecular flexibility index (Phi) is 3.41. The molecule has 2 fully saturated rings. The highest BCUT2D eigenvalue weighted by molar-refractivity contribution is 6.23. The van der Waals surface area contributed by atoms with Crippen LogP contribution >= 0.6 is 0 Å². The van der Waals surface area contributed by atoms with Crippen LogP contribution in [0.1, 0.15) is 12.0 Å². The van der Waals surface area contributed by atoms with Gasteiger partial charge in [0.2, 0.25) is 11.8 Å². The first-order valence-corrected chi connectivity index (χ1v) is 9.00. The van der Waals surface area contributed by atoms with Crippen molar-refractivity contribution in [3.63, 3.8) is 0 Å². The Morgan fingerprint density at radius 3 is 2.19 bits per heavy atom. The van der Waals surface area contributed by atoms with E-state index in [9.17, 15) is 9.59 Å². The van der Waals surface area contributed by atoms with Crippen LogP contribution in [-0.2, 0) is 9.59 Å². The van der Waals surface area contributed by atoms with Crippen molar-refractivity contribution in [1.29, 1.82) is 5.26 Å². The second kappa shape index (κ2) is 5.82. The molecule has 1 heterocycles. The number of fused-ring (bicyclic) bond motifs is 5. The maximum absolute atomic E-state index is 13.1. The molecule has 2 aromatic rings. The van der Waals surface area contributed by atoms with Gasteiger partial charge in [-0.05, 0) is 54.7 Å². The van der Waals surface area contributed by atoms with E-state index in [0.29, 0.717) is 22.7 Å². The first-order valence-electron chi connectivity index (χ1n) is 9.00. The average Bonchev–Trinajstić information content (AvgIpc) is 3.37. The molecule has 0 N–H and O–H groups in total. The third-order valence-electron chi connectivity index (χ3n) is 5.79. The molecule has 5 nitrogen and oxygen atoms in total. The van der Waals surface area contributed by atoms with E-state index in [1.165, 1.54) is 4.90 Å². The lowest BCUT2D eigenvalue weighted by Crippen LogP contribution is -2.33. The van der Waals surface area contributed by atoms with Crippen LogP contribution in [0.4, 0.5) is 5.69 Å². The van der Waals surface area contributed by atoms with Crippen LogP contribution in [0.5, 0.6) is 11.5 Å². The summed E-state index contributed by atoms with van der Waals surface area (Å²) in [7, 11) is 0. The van der Waals surface area contributed by atoms with Crippen LogP contribution < -0.4 is 9.64 Å². The van der Waals surface area contributed by atoms with Gasteiger partial charge in [-0.25, -0.2) is 4.90 Å². The summed E-state index contributed by atoms with van der Waals surface area (Å²) in [6.45, 7) is 0. The van der Waals surface area contributed by atoms with Crippen molar-refractivity contribution in [2.24, 2.45) is 23.7 Å². The van der Waals surface area contributed by atoms with E-state index in [1.54, 1.807) is 48.5 Å². The van der Waals surface area contributed by atoms with Gasteiger partial charge in [-0.15, -0.1) is 0 Å². The molecule has 2 aromatic carbocycles. The number of amides is 2. The minimum absolute atomic E-state index is 0.127. The second-order valence-corrected chi connectivity index (χ2v) is 7.22. The highest BCUT2D eigenvalue weighted by atomic mass is 16.5. The molecular weight excluding hydrogens is 340 g/mol. The Bertz CT molecular complexity index is 989. The quantitative estimate of drug-likeness (QED) is 0.622. The van der Waals surface area contributed by atoms with Gasteiger partial charge in [0.25, 0.3) is 0 Å². The Balaban J connectivity index is 1.49. The molecule has 1 saturated heterocycles. The number of imide groups is 1. The number of carbonyl (C=O) groups excluding carboxylic acids is 2. The number of hydrogen-bond donors (Lipinski definition) is 0. The average molecular weight is 356 g/mol. The normalized spacial score (nSPS) is 27.7. The smallest absolute Gasteiger partial charge is 0.238 e. The lowest BCUT2D eigenvalue weighted by atomic mass is 9.85. The van der Waals surface area contributed by atoms with Crippen LogP contribution in [-0.4, -0.2) is 11.8 Å². The summed E-state index contributed by atoms with van der Waals surface area (Å²) in [5.41, 5.74) is 1.02. The standard InChI is InChI=1S/C22H16N2O3/c23-12-13-5-9-16(10-6-13)27-18-4-2-1-3-17(18)24-21(25)19-14-7-8-15(11-14)20(19)22(24)26/h1-10,14-15,19-20H,11H2/t14-,15-,19+,20+/m1/s1. The first kappa shape index (κ1) is 15.8. The van der Waals surface area contributed by atoms with Gasteiger partial charge >= 0.3 is 0 Å². The van der Waals surface area contributed by atoms with Crippen LogP contribution in [0.3, 0.4) is 0 Å². The number of nitrogens with zero attached hydrogens (tertiary/aromatic N) is 2. The zero-order chi connectivity index (χ0) is 18.5. The van der Waals surface area contributed by atoms with E-state index < -0.39 is 0 Å². The van der Waals surface area contributed by atoms with E-state index in [-0.39, 0.29) is 35.5 Å². The second-order valence-electron chi connectivity index (χ2n) is 7.22. The molecule has 132 valence electrons. The summed E-state index contributed by atoms with van der Waals surface area (Å²) in [6, 6.07) is 15.9. The third-order valence-corrected chi connectivity index (χ3v) is 5.79. The van der Waals surface area contributed by atoms with Crippen molar-refractivity contribution >= 4 is 17.5 Å². The number of para-hydroxylation sites is 2. The topological polar surface area (TPSA) is 70.4 Å². The summed E-state index contributed by atoms with van der Waals surface area (Å²) in [5, 5.41) is 8.91. The monoisotopic (exact) mass is 356 g/mol. The third kappa shape index (κ3) is 2.30. The number of anilines is 1. The molecule has 5 heteroatoms. The maximum atomic E-state index is 13.1. The summed E-state index contributed by atoms with van der Waals surface area (Å²) < 4.78 is 5.94. The fraction of sp³-hybridized carbons (Fsp3) is 0.227. The zero-order valence-corrected chi connectivity index (χ0v) is 14.4. The lowest BCUT2D eigenvalue weighted by molar-refractivity contribution is -0.123. The van der Waals surface area contributed by atoms with Crippen molar-refractivity contribution < 1.29 is 14.3 Å². The SMILES string of the molecule is N#Cc1ccc(Oc2ccccc2N2C(=O)[C@@H]3[C@@H](C2=O)[C@@H]2C=C[C@@H]3C2)cc1. The molecule has 27 heavy (non-hydrogen) atoms. The molecular formula is C22H16N2O3. The Labute approximate surface area is 156 Å². The van der Waals surface area contributed by atoms with Crippen LogP contribution in [0.15, 0.2) is 60.7 Å². The van der Waals surface area contributed by atoms with E-state index in [4.69, 9.17) is 10.00 Å². The van der Waals surface area contributed by atoms with E-state index >= 15 is 0 Å². The number of ether oxygens (including phenoxy) is 1. The molecule has 0 spiro atoms. The lowest BCUT2D eigenvalue weighted by Gasteiger charge is -2.20. The first-order chi connectivity index (χ1) is 13.2. The Hall–Kier alpha value is -3.39. The van der Waals surface area contributed by atoms with Crippen LogP contribution in [0.25, 0.3) is 0 Å². The van der Waals surface area contributed by atoms with Crippen molar-refractivity contribution in [3.05, 3.63) is 66.2 Å². The molecule has 1 saturated carbocycles. The molecule has 5 rings (SSSR count). The van der Waals surface area contributed by atoms with E-state index in [1.807, 2.05) is 0 Å². The molecule has 0 aromatic heterocycles. The van der Waals surface area contributed by atoms with Gasteiger partial charge in [-0.1, -0.05) is 24.3 Å². The van der Waals surface area contributed by atoms with E-state index in [2.05, 4.69) is 18.2 Å².